The lowest BCUT2D eigenvalue weighted by Gasteiger charge is -2.39. The van der Waals surface area contributed by atoms with E-state index in [1.54, 1.807) is 12.1 Å². The lowest BCUT2D eigenvalue weighted by Crippen LogP contribution is -2.49. The van der Waals surface area contributed by atoms with Crippen LogP contribution in [0, 0.1) is 11.7 Å². The van der Waals surface area contributed by atoms with Crippen molar-refractivity contribution in [1.29, 1.82) is 0 Å². The molecule has 1 fully saturated rings. The molecule has 1 aromatic carbocycles. The molecule has 142 valence electrons. The van der Waals surface area contributed by atoms with Crippen LogP contribution < -0.4 is 5.32 Å². The number of piperidine rings is 1. The van der Waals surface area contributed by atoms with Crippen molar-refractivity contribution in [2.75, 3.05) is 19.6 Å². The van der Waals surface area contributed by atoms with Crippen LogP contribution in [0.15, 0.2) is 48.0 Å². The second-order valence-corrected chi connectivity index (χ2v) is 6.55. The Labute approximate surface area is 171 Å². The fraction of sp³-hybridized carbons (Fsp3) is 0.474. The van der Waals surface area contributed by atoms with Gasteiger partial charge in [-0.25, -0.2) is 14.4 Å². The zero-order chi connectivity index (χ0) is 17.6. The van der Waals surface area contributed by atoms with Gasteiger partial charge in [-0.15, -0.1) is 24.0 Å². The Bertz CT molecular complexity index is 704. The smallest absolute Gasteiger partial charge is 0.194 e. The number of nitrogens with zero attached hydrogens (tertiary/aromatic N) is 4. The van der Waals surface area contributed by atoms with E-state index in [1.165, 1.54) is 6.07 Å². The van der Waals surface area contributed by atoms with Crippen molar-refractivity contribution < 1.29 is 4.39 Å². The molecule has 2 aromatic rings. The van der Waals surface area contributed by atoms with E-state index in [9.17, 15) is 4.39 Å². The average Bonchev–Trinajstić information content (AvgIpc) is 3.15. The maximum absolute atomic E-state index is 13.9. The number of benzene rings is 1. The highest BCUT2D eigenvalue weighted by Crippen LogP contribution is 2.27. The molecule has 3 rings (SSSR count). The van der Waals surface area contributed by atoms with Gasteiger partial charge in [0.1, 0.15) is 5.82 Å². The first kappa shape index (κ1) is 20.7. The Morgan fingerprint density at radius 2 is 2.19 bits per heavy atom. The van der Waals surface area contributed by atoms with Crippen LogP contribution in [0.2, 0.25) is 0 Å². The number of hydrogen-bond donors (Lipinski definition) is 1. The Balaban J connectivity index is 0.00000243. The fourth-order valence-corrected chi connectivity index (χ4v) is 3.31. The number of imidazole rings is 1. The van der Waals surface area contributed by atoms with Crippen molar-refractivity contribution in [3.8, 4) is 0 Å². The standard InChI is InChI=1S/C19H26FN5.HI/c1-3-22-19(23-12-16-6-4-5-7-17(16)20)24-10-8-15(2)18(13-24)25-11-9-21-14-25;/h4-7,9,11,14-15,18H,3,8,10,12-13H2,1-2H3,(H,22,23);1H. The molecule has 26 heavy (non-hydrogen) atoms. The first-order chi connectivity index (χ1) is 12.2. The number of nitrogens with one attached hydrogen (secondary N) is 1. The molecule has 5 nitrogen and oxygen atoms in total. The van der Waals surface area contributed by atoms with E-state index in [2.05, 4.69) is 38.6 Å². The van der Waals surface area contributed by atoms with Crippen LogP contribution in [0.1, 0.15) is 31.9 Å². The minimum absolute atomic E-state index is 0. The molecule has 1 aliphatic rings. The van der Waals surface area contributed by atoms with E-state index in [4.69, 9.17) is 0 Å². The summed E-state index contributed by atoms with van der Waals surface area (Å²) in [5.41, 5.74) is 0.620. The van der Waals surface area contributed by atoms with Gasteiger partial charge in [0.15, 0.2) is 5.96 Å². The highest BCUT2D eigenvalue weighted by molar-refractivity contribution is 14.0. The van der Waals surface area contributed by atoms with Gasteiger partial charge >= 0.3 is 0 Å². The highest BCUT2D eigenvalue weighted by Gasteiger charge is 2.28. The molecular formula is C19H27FIN5. The van der Waals surface area contributed by atoms with Gasteiger partial charge in [-0.1, -0.05) is 25.1 Å². The summed E-state index contributed by atoms with van der Waals surface area (Å²) in [7, 11) is 0. The normalized spacial score (nSPS) is 20.6. The molecule has 0 bridgehead atoms. The molecule has 1 aromatic heterocycles. The monoisotopic (exact) mass is 471 g/mol. The number of halogens is 2. The molecule has 0 radical (unpaired) electrons. The van der Waals surface area contributed by atoms with Crippen molar-refractivity contribution in [2.45, 2.75) is 32.9 Å². The van der Waals surface area contributed by atoms with E-state index < -0.39 is 0 Å². The van der Waals surface area contributed by atoms with Crippen LogP contribution >= 0.6 is 24.0 Å². The van der Waals surface area contributed by atoms with Crippen molar-refractivity contribution in [2.24, 2.45) is 10.9 Å². The van der Waals surface area contributed by atoms with Crippen LogP contribution in [0.25, 0.3) is 0 Å². The summed E-state index contributed by atoms with van der Waals surface area (Å²) in [4.78, 5) is 11.1. The van der Waals surface area contributed by atoms with Crippen molar-refractivity contribution >= 4 is 29.9 Å². The Kier molecular flexibility index (Phi) is 7.86. The van der Waals surface area contributed by atoms with Gasteiger partial charge in [0.05, 0.1) is 18.9 Å². The summed E-state index contributed by atoms with van der Waals surface area (Å²) in [6, 6.07) is 7.19. The maximum Gasteiger partial charge on any atom is 0.194 e. The zero-order valence-corrected chi connectivity index (χ0v) is 17.6. The summed E-state index contributed by atoms with van der Waals surface area (Å²) >= 11 is 0. The van der Waals surface area contributed by atoms with E-state index in [0.29, 0.717) is 24.1 Å². The van der Waals surface area contributed by atoms with Gasteiger partial charge in [-0.3, -0.25) is 0 Å². The van der Waals surface area contributed by atoms with Crippen LogP contribution in [-0.2, 0) is 6.54 Å². The second kappa shape index (κ2) is 9.89. The third-order valence-electron chi connectivity index (χ3n) is 4.82. The maximum atomic E-state index is 13.9. The van der Waals surface area contributed by atoms with Gasteiger partial charge in [0.25, 0.3) is 0 Å². The third kappa shape index (κ3) is 4.96. The first-order valence-electron chi connectivity index (χ1n) is 8.93. The molecule has 0 spiro atoms. The minimum Gasteiger partial charge on any atom is -0.357 e. The molecule has 7 heteroatoms. The minimum atomic E-state index is -0.203. The van der Waals surface area contributed by atoms with Crippen molar-refractivity contribution in [3.05, 3.63) is 54.4 Å². The number of aromatic nitrogens is 2. The Morgan fingerprint density at radius 3 is 2.88 bits per heavy atom. The SMILES string of the molecule is CCNC(=NCc1ccccc1F)N1CCC(C)C(n2ccnc2)C1.I. The summed E-state index contributed by atoms with van der Waals surface area (Å²) in [6.45, 7) is 7.30. The molecule has 0 amide bonds. The van der Waals surface area contributed by atoms with Gasteiger partial charge in [-0.05, 0) is 25.3 Å². The van der Waals surface area contributed by atoms with Gasteiger partial charge in [-0.2, -0.15) is 0 Å². The molecule has 1 aliphatic heterocycles. The fourth-order valence-electron chi connectivity index (χ4n) is 3.31. The molecule has 1 saturated heterocycles. The van der Waals surface area contributed by atoms with E-state index in [1.807, 2.05) is 24.8 Å². The van der Waals surface area contributed by atoms with Gasteiger partial charge in [0.2, 0.25) is 0 Å². The van der Waals surface area contributed by atoms with E-state index in [-0.39, 0.29) is 29.8 Å². The number of rotatable bonds is 4. The van der Waals surface area contributed by atoms with Crippen molar-refractivity contribution in [3.63, 3.8) is 0 Å². The highest BCUT2D eigenvalue weighted by atomic mass is 127. The molecule has 1 N–H and O–H groups in total. The summed E-state index contributed by atoms with van der Waals surface area (Å²) in [5, 5.41) is 3.35. The van der Waals surface area contributed by atoms with E-state index in [0.717, 1.165) is 32.0 Å². The zero-order valence-electron chi connectivity index (χ0n) is 15.3. The van der Waals surface area contributed by atoms with Crippen LogP contribution in [0.3, 0.4) is 0 Å². The topological polar surface area (TPSA) is 45.5 Å². The lowest BCUT2D eigenvalue weighted by atomic mass is 9.93. The largest absolute Gasteiger partial charge is 0.357 e. The molecule has 2 unspecified atom stereocenters. The quantitative estimate of drug-likeness (QED) is 0.421. The van der Waals surface area contributed by atoms with Crippen LogP contribution in [-0.4, -0.2) is 40.0 Å². The first-order valence-corrected chi connectivity index (χ1v) is 8.93. The summed E-state index contributed by atoms with van der Waals surface area (Å²) in [5.74, 6) is 1.23. The number of guanidine groups is 1. The number of aliphatic imine (C=N–C) groups is 1. The van der Waals surface area contributed by atoms with Gasteiger partial charge in [0, 0.05) is 37.6 Å². The second-order valence-electron chi connectivity index (χ2n) is 6.55. The van der Waals surface area contributed by atoms with Gasteiger partial charge < -0.3 is 14.8 Å². The average molecular weight is 471 g/mol. The molecule has 2 heterocycles. The van der Waals surface area contributed by atoms with Crippen LogP contribution in [0.5, 0.6) is 0 Å². The third-order valence-corrected chi connectivity index (χ3v) is 4.82. The molecular weight excluding hydrogens is 444 g/mol. The Morgan fingerprint density at radius 1 is 1.38 bits per heavy atom. The lowest BCUT2D eigenvalue weighted by molar-refractivity contribution is 0.189. The molecule has 2 atom stereocenters. The predicted molar refractivity (Wildman–Crippen MR) is 113 cm³/mol. The van der Waals surface area contributed by atoms with Crippen molar-refractivity contribution in [1.82, 2.24) is 19.8 Å². The number of hydrogen-bond acceptors (Lipinski definition) is 2. The number of likely N-dealkylation sites (tertiary alicyclic amines) is 1. The Hall–Kier alpha value is -1.64. The molecule has 0 aliphatic carbocycles. The van der Waals surface area contributed by atoms with E-state index >= 15 is 0 Å². The predicted octanol–water partition coefficient (Wildman–Crippen LogP) is 3.69. The van der Waals surface area contributed by atoms with Crippen LogP contribution in [0.4, 0.5) is 4.39 Å². The summed E-state index contributed by atoms with van der Waals surface area (Å²) in [6.07, 6.45) is 6.82. The molecule has 0 saturated carbocycles. The summed E-state index contributed by atoms with van der Waals surface area (Å²) < 4.78 is 16.0.